The van der Waals surface area contributed by atoms with Gasteiger partial charge in [-0.3, -0.25) is 0 Å². The highest BCUT2D eigenvalue weighted by Gasteiger charge is 2.03. The average Bonchev–Trinajstić information content (AvgIpc) is 2.15. The molecule has 0 aliphatic carbocycles. The summed E-state index contributed by atoms with van der Waals surface area (Å²) >= 11 is 0. The van der Waals surface area contributed by atoms with Crippen LogP contribution in [-0.4, -0.2) is 0 Å². The van der Waals surface area contributed by atoms with E-state index in [1.807, 2.05) is 25.1 Å². The van der Waals surface area contributed by atoms with Crippen molar-refractivity contribution in [3.8, 4) is 0 Å². The van der Waals surface area contributed by atoms with Crippen molar-refractivity contribution in [2.75, 3.05) is 0 Å². The van der Waals surface area contributed by atoms with E-state index in [1.165, 1.54) is 0 Å². The summed E-state index contributed by atoms with van der Waals surface area (Å²) in [5, 5.41) is 0. The maximum Gasteiger partial charge on any atom is 0.130 e. The van der Waals surface area contributed by atoms with E-state index in [9.17, 15) is 4.39 Å². The number of rotatable bonds is 3. The van der Waals surface area contributed by atoms with Gasteiger partial charge in [0.05, 0.1) is 0 Å². The van der Waals surface area contributed by atoms with Crippen LogP contribution in [0, 0.1) is 5.82 Å². The van der Waals surface area contributed by atoms with Gasteiger partial charge in [-0.1, -0.05) is 50.3 Å². The van der Waals surface area contributed by atoms with Gasteiger partial charge >= 0.3 is 0 Å². The maximum atomic E-state index is 13.6. The lowest BCUT2D eigenvalue weighted by Crippen LogP contribution is -1.90. The van der Waals surface area contributed by atoms with Gasteiger partial charge in [0, 0.05) is 5.56 Å². The Morgan fingerprint density at radius 1 is 1.40 bits per heavy atom. The molecule has 0 radical (unpaired) electrons. The Hall–Kier alpha value is -1.37. The Balaban J connectivity index is 2.98. The minimum absolute atomic E-state index is 0.168. The molecule has 0 spiro atoms. The van der Waals surface area contributed by atoms with Crippen molar-refractivity contribution < 1.29 is 4.39 Å². The van der Waals surface area contributed by atoms with E-state index < -0.39 is 0 Å². The van der Waals surface area contributed by atoms with Gasteiger partial charge in [-0.25, -0.2) is 4.39 Å². The Labute approximate surface area is 91.1 Å². The Morgan fingerprint density at radius 2 is 2.07 bits per heavy atom. The van der Waals surface area contributed by atoms with Gasteiger partial charge in [0.1, 0.15) is 5.82 Å². The fourth-order valence-electron chi connectivity index (χ4n) is 1.27. The third kappa shape index (κ3) is 3.35. The van der Waals surface area contributed by atoms with Crippen LogP contribution in [0.1, 0.15) is 37.8 Å². The van der Waals surface area contributed by atoms with Crippen molar-refractivity contribution in [2.45, 2.75) is 26.7 Å². The second-order valence-corrected chi connectivity index (χ2v) is 4.12. The van der Waals surface area contributed by atoms with E-state index in [0.717, 1.165) is 11.1 Å². The van der Waals surface area contributed by atoms with Crippen LogP contribution in [0.15, 0.2) is 36.4 Å². The van der Waals surface area contributed by atoms with Gasteiger partial charge in [-0.15, -0.1) is 0 Å². The Kier molecular flexibility index (Phi) is 3.84. The number of hydrogen-bond acceptors (Lipinski definition) is 0. The van der Waals surface area contributed by atoms with Crippen LogP contribution in [0.25, 0.3) is 6.08 Å². The van der Waals surface area contributed by atoms with Crippen LogP contribution in [-0.2, 0) is 0 Å². The molecular weight excluding hydrogens is 187 g/mol. The molecule has 0 unspecified atom stereocenters. The number of benzene rings is 1. The second kappa shape index (κ2) is 4.92. The summed E-state index contributed by atoms with van der Waals surface area (Å²) in [7, 11) is 0. The standard InChI is InChI=1S/C14H17F/c1-10(2)5-6-12-7-8-13(11(3)4)9-14(12)15/h5-9,11H,1H2,2-4H3/b6-5+. The minimum atomic E-state index is -0.168. The summed E-state index contributed by atoms with van der Waals surface area (Å²) in [5.41, 5.74) is 2.56. The number of allylic oxidation sites excluding steroid dienone is 2. The van der Waals surface area contributed by atoms with Gasteiger partial charge in [0.25, 0.3) is 0 Å². The molecule has 1 aromatic rings. The number of hydrogen-bond donors (Lipinski definition) is 0. The van der Waals surface area contributed by atoms with Gasteiger partial charge in [0.15, 0.2) is 0 Å². The van der Waals surface area contributed by atoms with Crippen LogP contribution in [0.3, 0.4) is 0 Å². The van der Waals surface area contributed by atoms with E-state index in [2.05, 4.69) is 20.4 Å². The first kappa shape index (κ1) is 11.7. The molecule has 1 heteroatoms. The van der Waals surface area contributed by atoms with E-state index in [4.69, 9.17) is 0 Å². The van der Waals surface area contributed by atoms with E-state index in [1.54, 1.807) is 12.1 Å². The first-order valence-corrected chi connectivity index (χ1v) is 5.13. The summed E-state index contributed by atoms with van der Waals surface area (Å²) in [5.74, 6) is 0.192. The number of halogens is 1. The molecule has 0 bridgehead atoms. The van der Waals surface area contributed by atoms with Gasteiger partial charge in [-0.2, -0.15) is 0 Å². The summed E-state index contributed by atoms with van der Waals surface area (Å²) in [6, 6.07) is 5.37. The van der Waals surface area contributed by atoms with Crippen LogP contribution < -0.4 is 0 Å². The molecule has 0 aliphatic heterocycles. The highest BCUT2D eigenvalue weighted by atomic mass is 19.1. The molecule has 0 aliphatic rings. The van der Waals surface area contributed by atoms with E-state index in [-0.39, 0.29) is 5.82 Å². The molecule has 80 valence electrons. The van der Waals surface area contributed by atoms with Gasteiger partial charge in [-0.05, 0) is 24.5 Å². The fraction of sp³-hybridized carbons (Fsp3) is 0.286. The van der Waals surface area contributed by atoms with Crippen molar-refractivity contribution in [1.82, 2.24) is 0 Å². The molecule has 0 saturated carbocycles. The molecule has 1 aromatic carbocycles. The quantitative estimate of drug-likeness (QED) is 0.634. The van der Waals surface area contributed by atoms with Crippen molar-refractivity contribution in [1.29, 1.82) is 0 Å². The predicted molar refractivity (Wildman–Crippen MR) is 64.3 cm³/mol. The van der Waals surface area contributed by atoms with Gasteiger partial charge < -0.3 is 0 Å². The molecule has 0 atom stereocenters. The first-order chi connectivity index (χ1) is 7.00. The monoisotopic (exact) mass is 204 g/mol. The maximum absolute atomic E-state index is 13.6. The highest BCUT2D eigenvalue weighted by molar-refractivity contribution is 5.53. The van der Waals surface area contributed by atoms with Crippen LogP contribution in [0.2, 0.25) is 0 Å². The molecule has 0 N–H and O–H groups in total. The molecule has 0 heterocycles. The third-order valence-corrected chi connectivity index (χ3v) is 2.24. The molecule has 0 amide bonds. The lowest BCUT2D eigenvalue weighted by atomic mass is 10.0. The summed E-state index contributed by atoms with van der Waals surface area (Å²) < 4.78 is 13.6. The van der Waals surface area contributed by atoms with E-state index in [0.29, 0.717) is 11.5 Å². The molecule has 15 heavy (non-hydrogen) atoms. The predicted octanol–water partition coefficient (Wildman–Crippen LogP) is 4.54. The summed E-state index contributed by atoms with van der Waals surface area (Å²) in [4.78, 5) is 0. The van der Waals surface area contributed by atoms with Crippen molar-refractivity contribution in [3.05, 3.63) is 53.4 Å². The fourth-order valence-corrected chi connectivity index (χ4v) is 1.27. The Bertz CT molecular complexity index is 386. The lowest BCUT2D eigenvalue weighted by Gasteiger charge is -2.06. The summed E-state index contributed by atoms with van der Waals surface area (Å²) in [6.07, 6.45) is 3.56. The van der Waals surface area contributed by atoms with Crippen LogP contribution in [0.4, 0.5) is 4.39 Å². The third-order valence-electron chi connectivity index (χ3n) is 2.24. The first-order valence-electron chi connectivity index (χ1n) is 5.13. The average molecular weight is 204 g/mol. The van der Waals surface area contributed by atoms with Crippen molar-refractivity contribution >= 4 is 6.08 Å². The minimum Gasteiger partial charge on any atom is -0.206 e. The largest absolute Gasteiger partial charge is 0.206 e. The lowest BCUT2D eigenvalue weighted by molar-refractivity contribution is 0.620. The van der Waals surface area contributed by atoms with Crippen LogP contribution in [0.5, 0.6) is 0 Å². The SMILES string of the molecule is C=C(C)/C=C/c1ccc(C(C)C)cc1F. The van der Waals surface area contributed by atoms with Crippen molar-refractivity contribution in [2.24, 2.45) is 0 Å². The van der Waals surface area contributed by atoms with Crippen LogP contribution >= 0.6 is 0 Å². The van der Waals surface area contributed by atoms with Gasteiger partial charge in [0.2, 0.25) is 0 Å². The second-order valence-electron chi connectivity index (χ2n) is 4.12. The van der Waals surface area contributed by atoms with Crippen molar-refractivity contribution in [3.63, 3.8) is 0 Å². The molecule has 0 aromatic heterocycles. The molecule has 0 nitrogen and oxygen atoms in total. The molecular formula is C14H17F. The normalized spacial score (nSPS) is 11.3. The molecule has 1 rings (SSSR count). The van der Waals surface area contributed by atoms with E-state index >= 15 is 0 Å². The summed E-state index contributed by atoms with van der Waals surface area (Å²) in [6.45, 7) is 9.73. The highest BCUT2D eigenvalue weighted by Crippen LogP contribution is 2.19. The topological polar surface area (TPSA) is 0 Å². The molecule has 0 fully saturated rings. The smallest absolute Gasteiger partial charge is 0.130 e. The molecule has 0 saturated heterocycles. The zero-order valence-electron chi connectivity index (χ0n) is 9.55. The zero-order valence-corrected chi connectivity index (χ0v) is 9.55. The Morgan fingerprint density at radius 3 is 2.53 bits per heavy atom. The zero-order chi connectivity index (χ0) is 11.4.